The Bertz CT molecular complexity index is 1260. The Hall–Kier alpha value is -3.72. The summed E-state index contributed by atoms with van der Waals surface area (Å²) in [5.74, 6) is -1.49. The Morgan fingerprint density at radius 1 is 1.06 bits per heavy atom. The van der Waals surface area contributed by atoms with Crippen molar-refractivity contribution in [2.75, 3.05) is 13.2 Å². The molecule has 35 heavy (non-hydrogen) atoms. The van der Waals surface area contributed by atoms with Gasteiger partial charge in [-0.3, -0.25) is 9.59 Å². The molecular formula is C26H25N3O5S. The van der Waals surface area contributed by atoms with Gasteiger partial charge in [0.2, 0.25) is 0 Å². The van der Waals surface area contributed by atoms with Crippen molar-refractivity contribution in [3.63, 3.8) is 0 Å². The summed E-state index contributed by atoms with van der Waals surface area (Å²) in [6, 6.07) is 16.3. The van der Waals surface area contributed by atoms with E-state index in [1.165, 1.54) is 22.5 Å². The van der Waals surface area contributed by atoms with Gasteiger partial charge in [-0.15, -0.1) is 11.3 Å². The van der Waals surface area contributed by atoms with Gasteiger partial charge >= 0.3 is 12.1 Å². The maximum atomic E-state index is 12.5. The normalized spacial score (nSPS) is 17.9. The van der Waals surface area contributed by atoms with E-state index in [9.17, 15) is 14.4 Å². The van der Waals surface area contributed by atoms with Crippen LogP contribution in [0.5, 0.6) is 0 Å². The third-order valence-corrected chi connectivity index (χ3v) is 7.70. The van der Waals surface area contributed by atoms with Crippen LogP contribution in [0.4, 0.5) is 4.79 Å². The maximum absolute atomic E-state index is 12.5. The lowest BCUT2D eigenvalue weighted by atomic mass is 9.98. The fourth-order valence-corrected chi connectivity index (χ4v) is 5.54. The molecule has 5 rings (SSSR count). The lowest BCUT2D eigenvalue weighted by Crippen LogP contribution is -2.26. The minimum absolute atomic E-state index is 0.0145. The van der Waals surface area contributed by atoms with Crippen LogP contribution in [0, 0.1) is 18.8 Å². The number of nitrogens with one attached hydrogen (secondary N) is 2. The first-order valence-electron chi connectivity index (χ1n) is 11.5. The van der Waals surface area contributed by atoms with Crippen molar-refractivity contribution >= 4 is 29.3 Å². The molecule has 2 aliphatic rings. The van der Waals surface area contributed by atoms with Gasteiger partial charge in [0.1, 0.15) is 16.5 Å². The van der Waals surface area contributed by atoms with Gasteiger partial charge in [-0.2, -0.15) is 0 Å². The molecule has 3 N–H and O–H groups in total. The van der Waals surface area contributed by atoms with Crippen LogP contribution in [0.3, 0.4) is 0 Å². The number of aromatic nitrogens is 1. The number of fused-ring (bicyclic) bond motifs is 3. The first kappa shape index (κ1) is 23.0. The zero-order chi connectivity index (χ0) is 24.5. The number of carbonyl (C=O) groups excluding carboxylic acids is 2. The number of hydrogen-bond donors (Lipinski definition) is 3. The summed E-state index contributed by atoms with van der Waals surface area (Å²) < 4.78 is 5.55. The number of ether oxygens (including phenoxy) is 1. The van der Waals surface area contributed by atoms with Gasteiger partial charge in [-0.1, -0.05) is 48.5 Å². The van der Waals surface area contributed by atoms with Crippen LogP contribution in [0.2, 0.25) is 0 Å². The molecule has 1 saturated carbocycles. The summed E-state index contributed by atoms with van der Waals surface area (Å²) in [5.41, 5.74) is 5.20. The first-order valence-corrected chi connectivity index (χ1v) is 12.3. The molecule has 0 unspecified atom stereocenters. The Morgan fingerprint density at radius 2 is 1.71 bits per heavy atom. The number of alkyl carbamates (subject to hydrolysis) is 1. The van der Waals surface area contributed by atoms with E-state index in [-0.39, 0.29) is 36.8 Å². The third-order valence-electron chi connectivity index (χ3n) is 6.54. The van der Waals surface area contributed by atoms with E-state index in [1.54, 1.807) is 6.92 Å². The van der Waals surface area contributed by atoms with Crippen molar-refractivity contribution in [2.45, 2.75) is 25.8 Å². The zero-order valence-corrected chi connectivity index (χ0v) is 19.9. The number of carboxylic acid groups (broad SMARTS) is 1. The van der Waals surface area contributed by atoms with E-state index >= 15 is 0 Å². The maximum Gasteiger partial charge on any atom is 0.407 e. The minimum atomic E-state index is -0.820. The summed E-state index contributed by atoms with van der Waals surface area (Å²) in [5, 5.41) is 15.1. The van der Waals surface area contributed by atoms with Crippen molar-refractivity contribution in [1.29, 1.82) is 0 Å². The highest BCUT2D eigenvalue weighted by atomic mass is 32.1. The van der Waals surface area contributed by atoms with Crippen LogP contribution in [-0.2, 0) is 16.1 Å². The second-order valence-electron chi connectivity index (χ2n) is 8.85. The molecule has 0 spiro atoms. The van der Waals surface area contributed by atoms with Crippen LogP contribution in [-0.4, -0.2) is 41.2 Å². The van der Waals surface area contributed by atoms with Gasteiger partial charge in [0.05, 0.1) is 18.2 Å². The summed E-state index contributed by atoms with van der Waals surface area (Å²) in [4.78, 5) is 40.7. The Labute approximate surface area is 206 Å². The molecule has 2 aromatic carbocycles. The molecule has 0 saturated heterocycles. The Balaban J connectivity index is 1.13. The van der Waals surface area contributed by atoms with Crippen molar-refractivity contribution < 1.29 is 24.2 Å². The summed E-state index contributed by atoms with van der Waals surface area (Å²) in [6.45, 7) is 2.45. The van der Waals surface area contributed by atoms with Gasteiger partial charge in [-0.05, 0) is 41.5 Å². The van der Waals surface area contributed by atoms with Crippen molar-refractivity contribution in [2.24, 2.45) is 11.8 Å². The average Bonchev–Trinajstić information content (AvgIpc) is 3.45. The Kier molecular flexibility index (Phi) is 6.25. The van der Waals surface area contributed by atoms with Crippen molar-refractivity contribution in [3.05, 3.63) is 75.2 Å². The fraction of sp³-hybridized carbons (Fsp3) is 0.308. The standard InChI is InChI=1S/C26H25N3O5S/c1-14-23(24(30)27-11-15-10-20(15)25(31)32)35-22(29-14)12-28-26(33)34-13-21-18-8-4-2-6-16(18)17-7-3-5-9-19(17)21/h2-9,15,20-21H,10-13H2,1H3,(H,27,30)(H,28,33)(H,31,32)/t15-,20-/m0/s1. The predicted octanol–water partition coefficient (Wildman–Crippen LogP) is 3.94. The molecule has 1 fully saturated rings. The number of amides is 2. The second-order valence-corrected chi connectivity index (χ2v) is 9.94. The van der Waals surface area contributed by atoms with E-state index in [1.807, 2.05) is 24.3 Å². The summed E-state index contributed by atoms with van der Waals surface area (Å²) >= 11 is 1.20. The molecule has 8 nitrogen and oxygen atoms in total. The number of rotatable bonds is 8. The molecule has 1 aromatic heterocycles. The smallest absolute Gasteiger partial charge is 0.407 e. The molecule has 1 heterocycles. The van der Waals surface area contributed by atoms with E-state index < -0.39 is 12.1 Å². The largest absolute Gasteiger partial charge is 0.481 e. The van der Waals surface area contributed by atoms with Crippen molar-refractivity contribution in [3.8, 4) is 11.1 Å². The molecule has 9 heteroatoms. The molecule has 2 atom stereocenters. The monoisotopic (exact) mass is 491 g/mol. The molecular weight excluding hydrogens is 466 g/mol. The highest BCUT2D eigenvalue weighted by Gasteiger charge is 2.43. The molecule has 2 amide bonds. The lowest BCUT2D eigenvalue weighted by Gasteiger charge is -2.14. The van der Waals surface area contributed by atoms with Crippen LogP contribution in [0.1, 0.15) is 43.8 Å². The number of aryl methyl sites for hydroxylation is 1. The van der Waals surface area contributed by atoms with Crippen LogP contribution in [0.15, 0.2) is 48.5 Å². The minimum Gasteiger partial charge on any atom is -0.481 e. The topological polar surface area (TPSA) is 118 Å². The first-order chi connectivity index (χ1) is 16.9. The van der Waals surface area contributed by atoms with Crippen molar-refractivity contribution in [1.82, 2.24) is 15.6 Å². The molecule has 2 aliphatic carbocycles. The number of nitrogens with zero attached hydrogens (tertiary/aromatic N) is 1. The van der Waals surface area contributed by atoms with Crippen LogP contribution >= 0.6 is 11.3 Å². The van der Waals surface area contributed by atoms with E-state index in [0.717, 1.165) is 11.1 Å². The van der Waals surface area contributed by atoms with Gasteiger partial charge in [0, 0.05) is 12.5 Å². The molecule has 180 valence electrons. The highest BCUT2D eigenvalue weighted by molar-refractivity contribution is 7.13. The molecule has 0 bridgehead atoms. The van der Waals surface area contributed by atoms with Gasteiger partial charge in [0.15, 0.2) is 0 Å². The lowest BCUT2D eigenvalue weighted by molar-refractivity contribution is -0.138. The molecule has 3 aromatic rings. The summed E-state index contributed by atoms with van der Waals surface area (Å²) in [7, 11) is 0. The van der Waals surface area contributed by atoms with Gasteiger partial charge < -0.3 is 20.5 Å². The fourth-order valence-electron chi connectivity index (χ4n) is 4.62. The highest BCUT2D eigenvalue weighted by Crippen LogP contribution is 2.44. The number of aliphatic carboxylic acids is 1. The average molecular weight is 492 g/mol. The number of hydrogen-bond acceptors (Lipinski definition) is 6. The number of benzene rings is 2. The third kappa shape index (κ3) is 4.77. The van der Waals surface area contributed by atoms with Gasteiger partial charge in [-0.25, -0.2) is 9.78 Å². The SMILES string of the molecule is Cc1nc(CNC(=O)OCC2c3ccccc3-c3ccccc32)sc1C(=O)NC[C@@H]1C[C@@H]1C(=O)O. The number of thiazole rings is 1. The molecule has 0 aliphatic heterocycles. The Morgan fingerprint density at radius 3 is 2.34 bits per heavy atom. The second kappa shape index (κ2) is 9.50. The van der Waals surface area contributed by atoms with Gasteiger partial charge in [0.25, 0.3) is 5.91 Å². The molecule has 0 radical (unpaired) electrons. The van der Waals surface area contributed by atoms with E-state index in [2.05, 4.69) is 39.9 Å². The number of carbonyl (C=O) groups is 3. The van der Waals surface area contributed by atoms with Crippen LogP contribution < -0.4 is 10.6 Å². The zero-order valence-electron chi connectivity index (χ0n) is 19.1. The predicted molar refractivity (Wildman–Crippen MR) is 130 cm³/mol. The number of carboxylic acids is 1. The summed E-state index contributed by atoms with van der Waals surface area (Å²) in [6.07, 6.45) is 0.0474. The quantitative estimate of drug-likeness (QED) is 0.439. The van der Waals surface area contributed by atoms with Crippen LogP contribution in [0.25, 0.3) is 11.1 Å². The van der Waals surface area contributed by atoms with E-state index in [0.29, 0.717) is 28.5 Å². The van der Waals surface area contributed by atoms with E-state index in [4.69, 9.17) is 9.84 Å².